The third-order valence-corrected chi connectivity index (χ3v) is 10.8. The van der Waals surface area contributed by atoms with Crippen molar-refractivity contribution in [2.75, 3.05) is 13.2 Å². The number of hydrogen-bond acceptors (Lipinski definition) is 10. The zero-order chi connectivity index (χ0) is 42.6. The summed E-state index contributed by atoms with van der Waals surface area (Å²) in [4.78, 5) is 13.0. The molecule has 8 N–H and O–H groups in total. The van der Waals surface area contributed by atoms with Crippen molar-refractivity contribution in [3.05, 3.63) is 48.6 Å². The normalized spacial score (nSPS) is 22.4. The van der Waals surface area contributed by atoms with Crippen LogP contribution in [0.5, 0.6) is 0 Å². The monoisotopic (exact) mass is 824 g/mol. The van der Waals surface area contributed by atoms with Gasteiger partial charge in [-0.25, -0.2) is 0 Å². The van der Waals surface area contributed by atoms with Crippen LogP contribution in [0.2, 0.25) is 0 Å². The van der Waals surface area contributed by atoms with Crippen LogP contribution in [0.4, 0.5) is 0 Å². The van der Waals surface area contributed by atoms with E-state index in [1.807, 2.05) is 12.2 Å². The van der Waals surface area contributed by atoms with Crippen LogP contribution in [-0.4, -0.2) is 110 Å². The van der Waals surface area contributed by atoms with Gasteiger partial charge >= 0.3 is 0 Å². The van der Waals surface area contributed by atoms with Gasteiger partial charge in [0.05, 0.1) is 25.4 Å². The highest BCUT2D eigenvalue weighted by atomic mass is 16.7. The number of aliphatic hydroxyl groups excluding tert-OH is 7. The van der Waals surface area contributed by atoms with Gasteiger partial charge in [-0.1, -0.05) is 140 Å². The maximum Gasteiger partial charge on any atom is 0.249 e. The van der Waals surface area contributed by atoms with Crippen molar-refractivity contribution >= 4 is 5.91 Å². The number of nitrogens with one attached hydrogen (secondary N) is 1. The maximum atomic E-state index is 13.0. The summed E-state index contributed by atoms with van der Waals surface area (Å²) in [5.41, 5.74) is 0. The lowest BCUT2D eigenvalue weighted by molar-refractivity contribution is -0.303. The lowest BCUT2D eigenvalue weighted by atomic mass is 9.99. The number of allylic oxidation sites excluding steroid dienone is 8. The third kappa shape index (κ3) is 26.3. The molecule has 0 radical (unpaired) electrons. The first kappa shape index (κ1) is 54.1. The van der Waals surface area contributed by atoms with Gasteiger partial charge in [-0.2, -0.15) is 0 Å². The minimum Gasteiger partial charge on any atom is -0.394 e. The van der Waals surface area contributed by atoms with Gasteiger partial charge in [0.15, 0.2) is 6.29 Å². The first-order chi connectivity index (χ1) is 28.2. The number of unbranched alkanes of at least 4 members (excludes halogenated alkanes) is 17. The fraction of sp³-hybridized carbons (Fsp3) is 0.809. The molecule has 9 atom stereocenters. The number of carbonyl (C=O) groups excluding carboxylic acids is 1. The Labute approximate surface area is 351 Å². The third-order valence-electron chi connectivity index (χ3n) is 10.8. The highest BCUT2D eigenvalue weighted by Gasteiger charge is 2.44. The minimum absolute atomic E-state index is 0.162. The van der Waals surface area contributed by atoms with Crippen molar-refractivity contribution < 1.29 is 50.0 Å². The Balaban J connectivity index is 2.44. The smallest absolute Gasteiger partial charge is 0.249 e. The van der Waals surface area contributed by atoms with E-state index >= 15 is 0 Å². The van der Waals surface area contributed by atoms with Crippen LogP contribution in [0.1, 0.15) is 174 Å². The van der Waals surface area contributed by atoms with Crippen LogP contribution in [0.25, 0.3) is 0 Å². The topological polar surface area (TPSA) is 189 Å². The standard InChI is InChI=1S/C47H85NO10/c1-3-5-7-9-11-13-14-15-16-17-18-19-20-21-22-23-24-25-26-27-29-30-32-34-39(50)42(52)38(37-57-47-45(55)44(54)43(53)41(36-49)58-47)48-46(56)40(51)35-33-31-28-12-10-8-6-4-2/h19-20,23-24,27-29,31,38-45,47,49-55H,3-18,21-22,25-26,30,32-37H2,1-2H3,(H,48,56)/b20-19+,24-23+,29-27+,31-28-. The molecule has 11 heteroatoms. The summed E-state index contributed by atoms with van der Waals surface area (Å²) < 4.78 is 11.0. The SMILES string of the molecule is CCCCCC/C=C\CCC(O)C(=O)NC(COC1OC(CO)C(O)C(O)C1O)C(O)C(O)CCC/C=C/CC/C=C/CC/C=C/CCCCCCCCCCCC. The van der Waals surface area contributed by atoms with Gasteiger partial charge in [0.1, 0.15) is 36.6 Å². The Morgan fingerprint density at radius 2 is 1.03 bits per heavy atom. The van der Waals surface area contributed by atoms with Crippen molar-refractivity contribution in [3.63, 3.8) is 0 Å². The van der Waals surface area contributed by atoms with Crippen molar-refractivity contribution in [1.82, 2.24) is 5.32 Å². The molecule has 0 saturated carbocycles. The quantitative estimate of drug-likeness (QED) is 0.0232. The summed E-state index contributed by atoms with van der Waals surface area (Å²) in [5, 5.41) is 75.3. The van der Waals surface area contributed by atoms with Crippen molar-refractivity contribution in [1.29, 1.82) is 0 Å². The lowest BCUT2D eigenvalue weighted by Gasteiger charge is -2.40. The molecule has 0 aromatic rings. The molecule has 1 aliphatic rings. The van der Waals surface area contributed by atoms with Crippen LogP contribution < -0.4 is 5.32 Å². The summed E-state index contributed by atoms with van der Waals surface area (Å²) >= 11 is 0. The first-order valence-electron chi connectivity index (χ1n) is 23.0. The molecular weight excluding hydrogens is 739 g/mol. The Morgan fingerprint density at radius 1 is 0.586 bits per heavy atom. The molecule has 0 aromatic heterocycles. The first-order valence-corrected chi connectivity index (χ1v) is 23.0. The van der Waals surface area contributed by atoms with E-state index in [0.717, 1.165) is 38.5 Å². The van der Waals surface area contributed by atoms with E-state index in [0.29, 0.717) is 19.3 Å². The second-order valence-corrected chi connectivity index (χ2v) is 16.1. The molecule has 58 heavy (non-hydrogen) atoms. The highest BCUT2D eigenvalue weighted by Crippen LogP contribution is 2.23. The molecular formula is C47H85NO10. The van der Waals surface area contributed by atoms with Crippen LogP contribution >= 0.6 is 0 Å². The molecule has 1 aliphatic heterocycles. The molecule has 0 aromatic carbocycles. The van der Waals surface area contributed by atoms with E-state index in [1.54, 1.807) is 0 Å². The van der Waals surface area contributed by atoms with E-state index in [9.17, 15) is 40.5 Å². The summed E-state index contributed by atoms with van der Waals surface area (Å²) in [6.07, 6.45) is 32.1. The van der Waals surface area contributed by atoms with E-state index in [-0.39, 0.29) is 12.8 Å². The van der Waals surface area contributed by atoms with E-state index < -0.39 is 74.2 Å². The van der Waals surface area contributed by atoms with E-state index in [1.165, 1.54) is 89.9 Å². The van der Waals surface area contributed by atoms with Gasteiger partial charge in [0, 0.05) is 0 Å². The number of amides is 1. The summed E-state index contributed by atoms with van der Waals surface area (Å²) in [6.45, 7) is 3.32. The predicted molar refractivity (Wildman–Crippen MR) is 233 cm³/mol. The number of rotatable bonds is 37. The molecule has 338 valence electrons. The minimum atomic E-state index is -1.68. The molecule has 11 nitrogen and oxygen atoms in total. The zero-order valence-corrected chi connectivity index (χ0v) is 36.3. The van der Waals surface area contributed by atoms with Crippen molar-refractivity contribution in [2.45, 2.75) is 229 Å². The molecule has 1 saturated heterocycles. The zero-order valence-electron chi connectivity index (χ0n) is 36.3. The Hall–Kier alpha value is -1.93. The molecule has 0 spiro atoms. The largest absolute Gasteiger partial charge is 0.394 e. The average molecular weight is 824 g/mol. The lowest BCUT2D eigenvalue weighted by Crippen LogP contribution is -2.60. The van der Waals surface area contributed by atoms with Crippen LogP contribution in [-0.2, 0) is 14.3 Å². The van der Waals surface area contributed by atoms with Gasteiger partial charge in [-0.3, -0.25) is 4.79 Å². The summed E-state index contributed by atoms with van der Waals surface area (Å²) in [6, 6.07) is -1.21. The van der Waals surface area contributed by atoms with Crippen molar-refractivity contribution in [2.24, 2.45) is 0 Å². The average Bonchev–Trinajstić information content (AvgIpc) is 3.22. The van der Waals surface area contributed by atoms with E-state index in [2.05, 4.69) is 55.6 Å². The second-order valence-electron chi connectivity index (χ2n) is 16.1. The fourth-order valence-corrected chi connectivity index (χ4v) is 6.94. The molecule has 1 amide bonds. The Bertz CT molecular complexity index is 1080. The molecule has 1 rings (SSSR count). The molecule has 1 fully saturated rings. The highest BCUT2D eigenvalue weighted by molar-refractivity contribution is 5.80. The summed E-state index contributed by atoms with van der Waals surface area (Å²) in [5.74, 6) is -0.752. The molecule has 1 heterocycles. The van der Waals surface area contributed by atoms with Gasteiger partial charge in [0.2, 0.25) is 5.91 Å². The van der Waals surface area contributed by atoms with Gasteiger partial charge in [-0.15, -0.1) is 0 Å². The number of hydrogen-bond donors (Lipinski definition) is 8. The fourth-order valence-electron chi connectivity index (χ4n) is 6.94. The van der Waals surface area contributed by atoms with Crippen LogP contribution in [0.3, 0.4) is 0 Å². The van der Waals surface area contributed by atoms with Crippen LogP contribution in [0.15, 0.2) is 48.6 Å². The Morgan fingerprint density at radius 3 is 1.55 bits per heavy atom. The van der Waals surface area contributed by atoms with E-state index in [4.69, 9.17) is 9.47 Å². The predicted octanol–water partition coefficient (Wildman–Crippen LogP) is 7.39. The Kier molecular flexibility index (Phi) is 34.4. The molecule has 0 aliphatic carbocycles. The van der Waals surface area contributed by atoms with Crippen molar-refractivity contribution in [3.8, 4) is 0 Å². The summed E-state index contributed by atoms with van der Waals surface area (Å²) in [7, 11) is 0. The molecule has 0 bridgehead atoms. The number of aliphatic hydroxyl groups is 7. The number of carbonyl (C=O) groups is 1. The van der Waals surface area contributed by atoms with Gasteiger partial charge < -0.3 is 50.5 Å². The number of ether oxygens (including phenoxy) is 2. The maximum absolute atomic E-state index is 13.0. The van der Waals surface area contributed by atoms with Gasteiger partial charge in [0.25, 0.3) is 0 Å². The van der Waals surface area contributed by atoms with Crippen LogP contribution in [0, 0.1) is 0 Å². The second kappa shape index (κ2) is 36.9. The molecule has 9 unspecified atom stereocenters. The van der Waals surface area contributed by atoms with Gasteiger partial charge in [-0.05, 0) is 83.5 Å².